The van der Waals surface area contributed by atoms with Crippen molar-refractivity contribution >= 4 is 5.96 Å². The van der Waals surface area contributed by atoms with Gasteiger partial charge in [0.15, 0.2) is 5.96 Å². The van der Waals surface area contributed by atoms with Gasteiger partial charge in [-0.05, 0) is 32.1 Å². The average Bonchev–Trinajstić information content (AvgIpc) is 2.19. The van der Waals surface area contributed by atoms with Crippen molar-refractivity contribution in [1.82, 2.24) is 4.90 Å². The summed E-state index contributed by atoms with van der Waals surface area (Å²) in [5.41, 5.74) is 5.53. The minimum atomic E-state index is 0.0160. The van der Waals surface area contributed by atoms with Gasteiger partial charge in [0.1, 0.15) is 0 Å². The lowest BCUT2D eigenvalue weighted by Crippen LogP contribution is -2.54. The van der Waals surface area contributed by atoms with Gasteiger partial charge in [-0.2, -0.15) is 0 Å². The van der Waals surface area contributed by atoms with Gasteiger partial charge in [-0.25, -0.2) is 0 Å². The number of nitrogens with one attached hydrogen (secondary N) is 1. The molecule has 2 aliphatic heterocycles. The summed E-state index contributed by atoms with van der Waals surface area (Å²) in [4.78, 5) is 1.94. The molecule has 80 valence electrons. The zero-order valence-electron chi connectivity index (χ0n) is 8.59. The molecule has 0 unspecified atom stereocenters. The van der Waals surface area contributed by atoms with Crippen LogP contribution in [-0.2, 0) is 4.74 Å². The molecule has 2 heterocycles. The molecule has 0 radical (unpaired) electrons. The van der Waals surface area contributed by atoms with Gasteiger partial charge in [-0.1, -0.05) is 0 Å². The summed E-state index contributed by atoms with van der Waals surface area (Å²) in [5, 5.41) is 7.44. The van der Waals surface area contributed by atoms with Gasteiger partial charge in [0, 0.05) is 19.7 Å². The maximum atomic E-state index is 7.44. The molecule has 14 heavy (non-hydrogen) atoms. The fourth-order valence-corrected chi connectivity index (χ4v) is 2.54. The van der Waals surface area contributed by atoms with Crippen LogP contribution in [0.3, 0.4) is 0 Å². The number of nitrogens with zero attached hydrogens (tertiary/aromatic N) is 1. The Morgan fingerprint density at radius 3 is 2.71 bits per heavy atom. The van der Waals surface area contributed by atoms with Crippen molar-refractivity contribution in [1.29, 1.82) is 5.41 Å². The fraction of sp³-hybridized carbons (Fsp3) is 0.900. The van der Waals surface area contributed by atoms with E-state index in [0.717, 1.165) is 39.0 Å². The lowest BCUT2D eigenvalue weighted by Gasteiger charge is -2.45. The highest BCUT2D eigenvalue weighted by Crippen LogP contribution is 2.33. The first-order valence-corrected chi connectivity index (χ1v) is 5.45. The Labute approximate surface area is 84.9 Å². The molecule has 0 aromatic carbocycles. The van der Waals surface area contributed by atoms with Crippen molar-refractivity contribution in [2.75, 3.05) is 19.7 Å². The van der Waals surface area contributed by atoms with Crippen LogP contribution >= 0.6 is 0 Å². The van der Waals surface area contributed by atoms with Crippen molar-refractivity contribution in [2.24, 2.45) is 5.73 Å². The SMILES string of the molecule is N=C(N)N1CCC[C@@]2(CCCCO2)C1. The predicted molar refractivity (Wildman–Crippen MR) is 55.3 cm³/mol. The van der Waals surface area contributed by atoms with E-state index in [1.54, 1.807) is 0 Å². The zero-order valence-corrected chi connectivity index (χ0v) is 8.59. The summed E-state index contributed by atoms with van der Waals surface area (Å²) < 4.78 is 5.89. The normalized spacial score (nSPS) is 33.3. The van der Waals surface area contributed by atoms with E-state index in [4.69, 9.17) is 15.9 Å². The Balaban J connectivity index is 2.01. The van der Waals surface area contributed by atoms with Crippen molar-refractivity contribution in [2.45, 2.75) is 37.7 Å². The topological polar surface area (TPSA) is 62.3 Å². The van der Waals surface area contributed by atoms with Crippen molar-refractivity contribution in [3.63, 3.8) is 0 Å². The van der Waals surface area contributed by atoms with E-state index >= 15 is 0 Å². The highest BCUT2D eigenvalue weighted by Gasteiger charge is 2.38. The maximum Gasteiger partial charge on any atom is 0.188 e. The molecule has 0 aliphatic carbocycles. The third kappa shape index (κ3) is 1.85. The van der Waals surface area contributed by atoms with Gasteiger partial charge in [-0.15, -0.1) is 0 Å². The summed E-state index contributed by atoms with van der Waals surface area (Å²) in [6.45, 7) is 2.62. The summed E-state index contributed by atoms with van der Waals surface area (Å²) in [6, 6.07) is 0. The van der Waals surface area contributed by atoms with Crippen LogP contribution in [-0.4, -0.2) is 36.2 Å². The molecular weight excluding hydrogens is 178 g/mol. The molecule has 2 fully saturated rings. The third-order valence-corrected chi connectivity index (χ3v) is 3.32. The quantitative estimate of drug-likeness (QED) is 0.448. The van der Waals surface area contributed by atoms with Gasteiger partial charge in [-0.3, -0.25) is 5.41 Å². The standard InChI is InChI=1S/C10H19N3O/c11-9(12)13-6-3-5-10(8-13)4-1-2-7-14-10/h1-8H2,(H3,11,12)/t10-/m0/s1. The van der Waals surface area contributed by atoms with E-state index in [9.17, 15) is 0 Å². The van der Waals surface area contributed by atoms with Crippen LogP contribution in [0.25, 0.3) is 0 Å². The van der Waals surface area contributed by atoms with Crippen molar-refractivity contribution < 1.29 is 4.74 Å². The number of hydrogen-bond acceptors (Lipinski definition) is 2. The minimum absolute atomic E-state index is 0.0160. The third-order valence-electron chi connectivity index (χ3n) is 3.32. The molecule has 4 nitrogen and oxygen atoms in total. The number of likely N-dealkylation sites (tertiary alicyclic amines) is 1. The van der Waals surface area contributed by atoms with E-state index in [-0.39, 0.29) is 11.6 Å². The van der Waals surface area contributed by atoms with E-state index in [2.05, 4.69) is 0 Å². The molecule has 0 bridgehead atoms. The molecular formula is C10H19N3O. The number of guanidine groups is 1. The molecule has 0 amide bonds. The molecule has 2 aliphatic rings. The number of nitrogens with two attached hydrogens (primary N) is 1. The van der Waals surface area contributed by atoms with Crippen LogP contribution < -0.4 is 5.73 Å². The molecule has 0 aromatic rings. The Kier molecular flexibility index (Phi) is 2.63. The summed E-state index contributed by atoms with van der Waals surface area (Å²) in [5.74, 6) is 0.193. The summed E-state index contributed by atoms with van der Waals surface area (Å²) >= 11 is 0. The lowest BCUT2D eigenvalue weighted by atomic mass is 9.86. The number of piperidine rings is 1. The second-order valence-electron chi connectivity index (χ2n) is 4.40. The van der Waals surface area contributed by atoms with E-state index in [0.29, 0.717) is 0 Å². The van der Waals surface area contributed by atoms with Gasteiger partial charge < -0.3 is 15.4 Å². The Morgan fingerprint density at radius 1 is 1.29 bits per heavy atom. The Bertz CT molecular complexity index is 218. The molecule has 0 aromatic heterocycles. The molecule has 3 N–H and O–H groups in total. The predicted octanol–water partition coefficient (Wildman–Crippen LogP) is 0.915. The van der Waals surface area contributed by atoms with Crippen LogP contribution in [0.15, 0.2) is 0 Å². The van der Waals surface area contributed by atoms with Gasteiger partial charge >= 0.3 is 0 Å². The second-order valence-corrected chi connectivity index (χ2v) is 4.40. The van der Waals surface area contributed by atoms with Crippen molar-refractivity contribution in [3.8, 4) is 0 Å². The number of rotatable bonds is 0. The van der Waals surface area contributed by atoms with Crippen LogP contribution in [0.1, 0.15) is 32.1 Å². The van der Waals surface area contributed by atoms with Crippen molar-refractivity contribution in [3.05, 3.63) is 0 Å². The second kappa shape index (κ2) is 3.77. The molecule has 1 atom stereocenters. The maximum absolute atomic E-state index is 7.44. The fourth-order valence-electron chi connectivity index (χ4n) is 2.54. The smallest absolute Gasteiger partial charge is 0.188 e. The molecule has 4 heteroatoms. The van der Waals surface area contributed by atoms with Gasteiger partial charge in [0.2, 0.25) is 0 Å². The number of ether oxygens (including phenoxy) is 1. The first-order valence-electron chi connectivity index (χ1n) is 5.45. The highest BCUT2D eigenvalue weighted by atomic mass is 16.5. The molecule has 2 saturated heterocycles. The Morgan fingerprint density at radius 2 is 2.07 bits per heavy atom. The molecule has 0 saturated carbocycles. The Hall–Kier alpha value is -0.770. The zero-order chi connectivity index (χ0) is 10.0. The summed E-state index contributed by atoms with van der Waals surface area (Å²) in [7, 11) is 0. The van der Waals surface area contributed by atoms with Gasteiger partial charge in [0.25, 0.3) is 0 Å². The molecule has 1 spiro atoms. The minimum Gasteiger partial charge on any atom is -0.373 e. The van der Waals surface area contributed by atoms with Gasteiger partial charge in [0.05, 0.1) is 5.60 Å². The van der Waals surface area contributed by atoms with Crippen LogP contribution in [0, 0.1) is 5.41 Å². The van der Waals surface area contributed by atoms with E-state index < -0.39 is 0 Å². The summed E-state index contributed by atoms with van der Waals surface area (Å²) in [6.07, 6.45) is 5.81. The first kappa shape index (κ1) is 9.77. The first-order chi connectivity index (χ1) is 6.72. The van der Waals surface area contributed by atoms with Crippen LogP contribution in [0.4, 0.5) is 0 Å². The molecule has 2 rings (SSSR count). The van der Waals surface area contributed by atoms with E-state index in [1.165, 1.54) is 12.8 Å². The average molecular weight is 197 g/mol. The monoisotopic (exact) mass is 197 g/mol. The lowest BCUT2D eigenvalue weighted by molar-refractivity contribution is -0.106. The largest absolute Gasteiger partial charge is 0.373 e. The van der Waals surface area contributed by atoms with Crippen LogP contribution in [0.2, 0.25) is 0 Å². The highest BCUT2D eigenvalue weighted by molar-refractivity contribution is 5.74. The number of hydrogen-bond donors (Lipinski definition) is 2. The van der Waals surface area contributed by atoms with Crippen LogP contribution in [0.5, 0.6) is 0 Å². The van der Waals surface area contributed by atoms with E-state index in [1.807, 2.05) is 4.90 Å².